The summed E-state index contributed by atoms with van der Waals surface area (Å²) in [5.74, 6) is -0.697. The number of hydrogen-bond acceptors (Lipinski definition) is 4. The standard InChI is InChI=1S/C28H25F6NO3/c1-3-18-7-9-21(10-8-18)38-25(17-27(29,30)31)26(35-2)23-12-11-22(16-24(23)36)37-14-13-19-5-4-6-20(15-19)28(32,33)34/h4-12,15-17,36H,3,13-14H2,1-2H3/b25-17-,35-26-. The number of aryl methyl sites for hydroxylation is 1. The van der Waals surface area contributed by atoms with Crippen molar-refractivity contribution in [2.75, 3.05) is 13.7 Å². The summed E-state index contributed by atoms with van der Waals surface area (Å²) in [6, 6.07) is 15.3. The Morgan fingerprint density at radius 1 is 0.895 bits per heavy atom. The average molecular weight is 538 g/mol. The number of nitrogens with zero attached hydrogens (tertiary/aromatic N) is 1. The molecule has 0 radical (unpaired) electrons. The topological polar surface area (TPSA) is 51.0 Å². The van der Waals surface area contributed by atoms with Gasteiger partial charge in [0.05, 0.1) is 18.2 Å². The van der Waals surface area contributed by atoms with Crippen molar-refractivity contribution in [2.24, 2.45) is 4.99 Å². The van der Waals surface area contributed by atoms with Crippen LogP contribution in [0.1, 0.15) is 29.2 Å². The van der Waals surface area contributed by atoms with Crippen LogP contribution in [-0.2, 0) is 19.0 Å². The molecular formula is C28H25F6NO3. The van der Waals surface area contributed by atoms with Crippen LogP contribution in [-0.4, -0.2) is 30.6 Å². The van der Waals surface area contributed by atoms with E-state index in [0.29, 0.717) is 5.56 Å². The van der Waals surface area contributed by atoms with Crippen LogP contribution in [0.4, 0.5) is 26.3 Å². The highest BCUT2D eigenvalue weighted by Crippen LogP contribution is 2.31. The van der Waals surface area contributed by atoms with Crippen molar-refractivity contribution in [2.45, 2.75) is 32.1 Å². The summed E-state index contributed by atoms with van der Waals surface area (Å²) in [4.78, 5) is 3.92. The maximum atomic E-state index is 13.3. The molecule has 0 saturated heterocycles. The van der Waals surface area contributed by atoms with E-state index in [1.165, 1.54) is 49.5 Å². The lowest BCUT2D eigenvalue weighted by molar-refractivity contribution is -0.137. The average Bonchev–Trinajstić information content (AvgIpc) is 2.85. The number of allylic oxidation sites excluding steroid dienone is 2. The number of phenols is 1. The molecule has 3 aromatic carbocycles. The first-order valence-electron chi connectivity index (χ1n) is 11.6. The maximum Gasteiger partial charge on any atom is 0.416 e. The molecule has 0 aromatic heterocycles. The molecule has 0 atom stereocenters. The predicted octanol–water partition coefficient (Wildman–Crippen LogP) is 7.54. The highest BCUT2D eigenvalue weighted by molar-refractivity contribution is 6.13. The zero-order valence-corrected chi connectivity index (χ0v) is 20.5. The highest BCUT2D eigenvalue weighted by atomic mass is 19.4. The van der Waals surface area contributed by atoms with Crippen molar-refractivity contribution in [3.8, 4) is 17.2 Å². The fourth-order valence-electron chi connectivity index (χ4n) is 3.57. The molecule has 3 rings (SSSR count). The molecule has 0 aliphatic carbocycles. The highest BCUT2D eigenvalue weighted by Gasteiger charge is 2.30. The minimum Gasteiger partial charge on any atom is -0.507 e. The summed E-state index contributed by atoms with van der Waals surface area (Å²) in [6.07, 6.45) is -8.31. The van der Waals surface area contributed by atoms with E-state index in [0.717, 1.165) is 24.1 Å². The minimum atomic E-state index is -4.73. The van der Waals surface area contributed by atoms with E-state index in [-0.39, 0.29) is 41.9 Å². The smallest absolute Gasteiger partial charge is 0.416 e. The molecule has 0 aliphatic heterocycles. The van der Waals surface area contributed by atoms with E-state index < -0.39 is 29.4 Å². The summed E-state index contributed by atoms with van der Waals surface area (Å²) in [5, 5.41) is 10.6. The van der Waals surface area contributed by atoms with Gasteiger partial charge in [-0.3, -0.25) is 4.99 Å². The van der Waals surface area contributed by atoms with Crippen LogP contribution in [0, 0.1) is 0 Å². The molecule has 0 spiro atoms. The molecule has 0 bridgehead atoms. The molecule has 3 aromatic rings. The number of rotatable bonds is 9. The third-order valence-corrected chi connectivity index (χ3v) is 5.45. The fourth-order valence-corrected chi connectivity index (χ4v) is 3.57. The van der Waals surface area contributed by atoms with Gasteiger partial charge in [0.25, 0.3) is 0 Å². The van der Waals surface area contributed by atoms with Crippen molar-refractivity contribution in [1.29, 1.82) is 0 Å². The number of phenolic OH excluding ortho intramolecular Hbond substituents is 1. The lowest BCUT2D eigenvalue weighted by Crippen LogP contribution is -2.16. The Balaban J connectivity index is 1.77. The van der Waals surface area contributed by atoms with Crippen molar-refractivity contribution in [3.63, 3.8) is 0 Å². The summed E-state index contributed by atoms with van der Waals surface area (Å²) in [6.45, 7) is 1.94. The molecule has 202 valence electrons. The molecular weight excluding hydrogens is 512 g/mol. The second-order valence-electron chi connectivity index (χ2n) is 8.20. The number of benzene rings is 3. The van der Waals surface area contributed by atoms with Gasteiger partial charge in [-0.05, 0) is 47.9 Å². The molecule has 0 unspecified atom stereocenters. The molecule has 0 amide bonds. The summed E-state index contributed by atoms with van der Waals surface area (Å²) >= 11 is 0. The maximum absolute atomic E-state index is 13.3. The van der Waals surface area contributed by atoms with Crippen molar-refractivity contribution >= 4 is 5.71 Å². The predicted molar refractivity (Wildman–Crippen MR) is 132 cm³/mol. The van der Waals surface area contributed by atoms with Crippen LogP contribution < -0.4 is 9.47 Å². The van der Waals surface area contributed by atoms with E-state index in [9.17, 15) is 31.4 Å². The fraction of sp³-hybridized carbons (Fsp3) is 0.250. The third-order valence-electron chi connectivity index (χ3n) is 5.45. The van der Waals surface area contributed by atoms with E-state index in [1.54, 1.807) is 12.1 Å². The summed E-state index contributed by atoms with van der Waals surface area (Å²) < 4.78 is 89.7. The lowest BCUT2D eigenvalue weighted by Gasteiger charge is -2.16. The van der Waals surface area contributed by atoms with Crippen LogP contribution >= 0.6 is 0 Å². The van der Waals surface area contributed by atoms with Gasteiger partial charge >= 0.3 is 12.4 Å². The zero-order valence-electron chi connectivity index (χ0n) is 20.5. The molecule has 0 saturated carbocycles. The Kier molecular flexibility index (Phi) is 9.08. The quantitative estimate of drug-likeness (QED) is 0.174. The van der Waals surface area contributed by atoms with E-state index in [4.69, 9.17) is 9.47 Å². The van der Waals surface area contributed by atoms with Crippen molar-refractivity contribution in [1.82, 2.24) is 0 Å². The monoisotopic (exact) mass is 537 g/mol. The Bertz CT molecular complexity index is 1300. The van der Waals surface area contributed by atoms with Gasteiger partial charge in [-0.25, -0.2) is 0 Å². The lowest BCUT2D eigenvalue weighted by atomic mass is 10.1. The summed E-state index contributed by atoms with van der Waals surface area (Å²) in [5.41, 5.74) is 0.347. The molecule has 1 N–H and O–H groups in total. The van der Waals surface area contributed by atoms with Gasteiger partial charge in [0.2, 0.25) is 0 Å². The van der Waals surface area contributed by atoms with Gasteiger partial charge in [0.1, 0.15) is 23.0 Å². The number of ether oxygens (including phenoxy) is 2. The van der Waals surface area contributed by atoms with Gasteiger partial charge in [-0.2, -0.15) is 26.3 Å². The number of alkyl halides is 6. The van der Waals surface area contributed by atoms with Gasteiger partial charge in [0, 0.05) is 25.1 Å². The molecule has 10 heteroatoms. The second kappa shape index (κ2) is 12.1. The number of halogens is 6. The normalized spacial score (nSPS) is 12.9. The van der Waals surface area contributed by atoms with Gasteiger partial charge in [-0.1, -0.05) is 37.3 Å². The zero-order chi connectivity index (χ0) is 27.9. The Morgan fingerprint density at radius 2 is 1.58 bits per heavy atom. The second-order valence-corrected chi connectivity index (χ2v) is 8.20. The van der Waals surface area contributed by atoms with Crippen LogP contribution in [0.15, 0.2) is 83.6 Å². The largest absolute Gasteiger partial charge is 0.507 e. The first-order chi connectivity index (χ1) is 17.9. The molecule has 38 heavy (non-hydrogen) atoms. The number of aliphatic imine (C=N–C) groups is 1. The van der Waals surface area contributed by atoms with Gasteiger partial charge < -0.3 is 14.6 Å². The molecule has 0 aliphatic rings. The van der Waals surface area contributed by atoms with Gasteiger partial charge in [0.15, 0.2) is 5.76 Å². The number of hydrogen-bond donors (Lipinski definition) is 1. The SMILES string of the molecule is CCc1ccc(OC(=C\C(F)(F)F)/C(=N\C)c2ccc(OCCc3cccc(C(F)(F)F)c3)cc2O)cc1. The number of aromatic hydroxyl groups is 1. The molecule has 0 heterocycles. The Hall–Kier alpha value is -3.95. The van der Waals surface area contributed by atoms with Crippen LogP contribution in [0.5, 0.6) is 17.2 Å². The van der Waals surface area contributed by atoms with Crippen molar-refractivity contribution < 1.29 is 40.9 Å². The van der Waals surface area contributed by atoms with E-state index in [2.05, 4.69) is 4.99 Å². The van der Waals surface area contributed by atoms with Crippen molar-refractivity contribution in [3.05, 3.63) is 101 Å². The first-order valence-corrected chi connectivity index (χ1v) is 11.6. The van der Waals surface area contributed by atoms with Crippen LogP contribution in [0.3, 0.4) is 0 Å². The molecule has 4 nitrogen and oxygen atoms in total. The van der Waals surface area contributed by atoms with Crippen LogP contribution in [0.25, 0.3) is 0 Å². The first kappa shape index (κ1) is 28.6. The van der Waals surface area contributed by atoms with Crippen LogP contribution in [0.2, 0.25) is 0 Å². The van der Waals surface area contributed by atoms with E-state index >= 15 is 0 Å². The van der Waals surface area contributed by atoms with E-state index in [1.807, 2.05) is 6.92 Å². The third kappa shape index (κ3) is 8.03. The Labute approximate surface area is 215 Å². The summed E-state index contributed by atoms with van der Waals surface area (Å²) in [7, 11) is 1.27. The minimum absolute atomic E-state index is 0.00488. The van der Waals surface area contributed by atoms with Gasteiger partial charge in [-0.15, -0.1) is 0 Å². The Morgan fingerprint density at radius 3 is 2.16 bits per heavy atom. The molecule has 0 fully saturated rings.